The van der Waals surface area contributed by atoms with Gasteiger partial charge in [0.1, 0.15) is 0 Å². The van der Waals surface area contributed by atoms with E-state index in [-0.39, 0.29) is 12.5 Å². The number of amides is 1. The molecule has 162 valence electrons. The number of hydrogen-bond acceptors (Lipinski definition) is 4. The molecule has 0 bridgehead atoms. The number of hydrogen-bond donors (Lipinski definition) is 1. The second-order valence-electron chi connectivity index (χ2n) is 7.62. The average molecular weight is 450 g/mol. The van der Waals surface area contributed by atoms with Gasteiger partial charge in [-0.15, -0.1) is 0 Å². The first-order chi connectivity index (χ1) is 14.3. The maximum Gasteiger partial charge on any atom is 0.243 e. The molecule has 2 aromatic rings. The minimum atomic E-state index is -3.52. The van der Waals surface area contributed by atoms with Gasteiger partial charge in [0.25, 0.3) is 0 Å². The largest absolute Gasteiger partial charge is 0.325 e. The van der Waals surface area contributed by atoms with Gasteiger partial charge in [-0.1, -0.05) is 43.6 Å². The fourth-order valence-electron chi connectivity index (χ4n) is 3.45. The van der Waals surface area contributed by atoms with Crippen LogP contribution in [0.1, 0.15) is 31.7 Å². The summed E-state index contributed by atoms with van der Waals surface area (Å²) in [6.45, 7) is 6.19. The maximum absolute atomic E-state index is 13.0. The minimum Gasteiger partial charge on any atom is -0.325 e. The number of anilines is 1. The van der Waals surface area contributed by atoms with E-state index < -0.39 is 10.0 Å². The van der Waals surface area contributed by atoms with Crippen molar-refractivity contribution in [3.8, 4) is 0 Å². The van der Waals surface area contributed by atoms with E-state index in [0.29, 0.717) is 47.7 Å². The van der Waals surface area contributed by atoms with Gasteiger partial charge in [0.15, 0.2) is 0 Å². The molecule has 1 fully saturated rings. The highest BCUT2D eigenvalue weighted by molar-refractivity contribution is 7.89. The number of sulfonamides is 1. The van der Waals surface area contributed by atoms with Gasteiger partial charge in [-0.25, -0.2) is 8.42 Å². The first-order valence-electron chi connectivity index (χ1n) is 10.2. The molecule has 6 nitrogen and oxygen atoms in total. The molecule has 0 spiro atoms. The van der Waals surface area contributed by atoms with Crippen LogP contribution >= 0.6 is 11.6 Å². The van der Waals surface area contributed by atoms with E-state index in [9.17, 15) is 13.2 Å². The Balaban J connectivity index is 1.54. The molecule has 1 N–H and O–H groups in total. The van der Waals surface area contributed by atoms with Crippen LogP contribution in [-0.4, -0.2) is 56.3 Å². The molecule has 3 rings (SSSR count). The third-order valence-corrected chi connectivity index (χ3v) is 7.65. The summed E-state index contributed by atoms with van der Waals surface area (Å²) in [6.07, 6.45) is 1.01. The van der Waals surface area contributed by atoms with Gasteiger partial charge in [-0.05, 0) is 48.2 Å². The smallest absolute Gasteiger partial charge is 0.243 e. The van der Waals surface area contributed by atoms with Crippen LogP contribution in [0.25, 0.3) is 0 Å². The molecule has 8 heteroatoms. The Morgan fingerprint density at radius 2 is 1.77 bits per heavy atom. The Kier molecular flexibility index (Phi) is 7.52. The zero-order valence-electron chi connectivity index (χ0n) is 17.3. The predicted molar refractivity (Wildman–Crippen MR) is 120 cm³/mol. The molecular weight excluding hydrogens is 422 g/mol. The lowest BCUT2D eigenvalue weighted by atomic mass is 9.99. The molecule has 0 unspecified atom stereocenters. The molecule has 0 saturated carbocycles. The van der Waals surface area contributed by atoms with Gasteiger partial charge in [-0.2, -0.15) is 4.31 Å². The third-order valence-electron chi connectivity index (χ3n) is 5.51. The van der Waals surface area contributed by atoms with Gasteiger partial charge in [0.2, 0.25) is 15.9 Å². The molecule has 0 aliphatic carbocycles. The summed E-state index contributed by atoms with van der Waals surface area (Å²) in [5.41, 5.74) is 1.79. The molecule has 0 radical (unpaired) electrons. The highest BCUT2D eigenvalue weighted by Gasteiger charge is 2.29. The maximum atomic E-state index is 13.0. The first kappa shape index (κ1) is 22.7. The van der Waals surface area contributed by atoms with Crippen molar-refractivity contribution in [1.82, 2.24) is 9.21 Å². The first-order valence-corrected chi connectivity index (χ1v) is 12.0. The van der Waals surface area contributed by atoms with Crippen molar-refractivity contribution >= 4 is 33.2 Å². The van der Waals surface area contributed by atoms with Crippen LogP contribution in [0.5, 0.6) is 0 Å². The van der Waals surface area contributed by atoms with Crippen molar-refractivity contribution in [2.75, 3.05) is 38.0 Å². The number of halogens is 1. The predicted octanol–water partition coefficient (Wildman–Crippen LogP) is 3.80. The summed E-state index contributed by atoms with van der Waals surface area (Å²) in [7, 11) is -3.52. The number of carbonyl (C=O) groups is 1. The number of piperazine rings is 1. The van der Waals surface area contributed by atoms with Crippen LogP contribution < -0.4 is 5.32 Å². The Labute approximate surface area is 183 Å². The van der Waals surface area contributed by atoms with E-state index in [2.05, 4.69) is 19.2 Å². The lowest BCUT2D eigenvalue weighted by Crippen LogP contribution is -2.50. The molecule has 1 saturated heterocycles. The molecule has 1 aliphatic heterocycles. The van der Waals surface area contributed by atoms with Crippen LogP contribution in [0.2, 0.25) is 5.02 Å². The summed E-state index contributed by atoms with van der Waals surface area (Å²) in [4.78, 5) is 14.6. The zero-order chi connectivity index (χ0) is 21.7. The molecular formula is C22H28ClN3O3S. The van der Waals surface area contributed by atoms with Crippen molar-refractivity contribution in [2.24, 2.45) is 0 Å². The Morgan fingerprint density at radius 3 is 2.37 bits per heavy atom. The van der Waals surface area contributed by atoms with Crippen molar-refractivity contribution in [3.05, 3.63) is 59.1 Å². The Bertz CT molecular complexity index is 971. The summed E-state index contributed by atoms with van der Waals surface area (Å²) in [6, 6.07) is 14.2. The SMILES string of the molecule is CC[C@@H](C)c1ccc(S(=O)(=O)N2CCN(CC(=O)Nc3cccc(Cl)c3)CC2)cc1. The lowest BCUT2D eigenvalue weighted by molar-refractivity contribution is -0.117. The Morgan fingerprint density at radius 1 is 1.10 bits per heavy atom. The van der Waals surface area contributed by atoms with Crippen LogP contribution in [0, 0.1) is 0 Å². The second-order valence-corrected chi connectivity index (χ2v) is 9.99. The molecule has 1 amide bonds. The van der Waals surface area contributed by atoms with Gasteiger partial charge >= 0.3 is 0 Å². The van der Waals surface area contributed by atoms with Crippen molar-refractivity contribution < 1.29 is 13.2 Å². The number of rotatable bonds is 7. The van der Waals surface area contributed by atoms with Crippen LogP contribution in [0.3, 0.4) is 0 Å². The normalized spacial score (nSPS) is 16.9. The number of carbonyl (C=O) groups excluding carboxylic acids is 1. The minimum absolute atomic E-state index is 0.144. The van der Waals surface area contributed by atoms with E-state index in [1.807, 2.05) is 17.0 Å². The summed E-state index contributed by atoms with van der Waals surface area (Å²) in [5, 5.41) is 3.38. The van der Waals surface area contributed by atoms with E-state index in [4.69, 9.17) is 11.6 Å². The number of benzene rings is 2. The van der Waals surface area contributed by atoms with E-state index in [1.54, 1.807) is 36.4 Å². The highest BCUT2D eigenvalue weighted by atomic mass is 35.5. The van der Waals surface area contributed by atoms with Crippen LogP contribution in [-0.2, 0) is 14.8 Å². The van der Waals surface area contributed by atoms with Crippen LogP contribution in [0.15, 0.2) is 53.4 Å². The monoisotopic (exact) mass is 449 g/mol. The van der Waals surface area contributed by atoms with Gasteiger partial charge in [0.05, 0.1) is 11.4 Å². The fourth-order valence-corrected chi connectivity index (χ4v) is 5.06. The van der Waals surface area contributed by atoms with E-state index in [1.165, 1.54) is 4.31 Å². The van der Waals surface area contributed by atoms with Crippen molar-refractivity contribution in [2.45, 2.75) is 31.1 Å². The summed E-state index contributed by atoms with van der Waals surface area (Å²) >= 11 is 5.94. The number of nitrogens with zero attached hydrogens (tertiary/aromatic N) is 2. The highest BCUT2D eigenvalue weighted by Crippen LogP contribution is 2.23. The molecule has 30 heavy (non-hydrogen) atoms. The van der Waals surface area contributed by atoms with Crippen molar-refractivity contribution in [1.29, 1.82) is 0 Å². The van der Waals surface area contributed by atoms with Gasteiger partial charge < -0.3 is 5.32 Å². The van der Waals surface area contributed by atoms with E-state index >= 15 is 0 Å². The van der Waals surface area contributed by atoms with Gasteiger partial charge in [0, 0.05) is 36.9 Å². The average Bonchev–Trinajstić information content (AvgIpc) is 2.73. The molecule has 1 aliphatic rings. The molecule has 2 aromatic carbocycles. The quantitative estimate of drug-likeness (QED) is 0.698. The Hall–Kier alpha value is -1.93. The van der Waals surface area contributed by atoms with E-state index in [0.717, 1.165) is 12.0 Å². The topological polar surface area (TPSA) is 69.7 Å². The summed E-state index contributed by atoms with van der Waals surface area (Å²) in [5.74, 6) is 0.262. The number of nitrogens with one attached hydrogen (secondary N) is 1. The third kappa shape index (κ3) is 5.60. The molecule has 1 atom stereocenters. The lowest BCUT2D eigenvalue weighted by Gasteiger charge is -2.33. The van der Waals surface area contributed by atoms with Crippen LogP contribution in [0.4, 0.5) is 5.69 Å². The zero-order valence-corrected chi connectivity index (χ0v) is 18.9. The fraction of sp³-hybridized carbons (Fsp3) is 0.409. The van der Waals surface area contributed by atoms with Gasteiger partial charge in [-0.3, -0.25) is 9.69 Å². The molecule has 1 heterocycles. The summed E-state index contributed by atoms with van der Waals surface area (Å²) < 4.78 is 27.4. The van der Waals surface area contributed by atoms with Crippen molar-refractivity contribution in [3.63, 3.8) is 0 Å². The second kappa shape index (κ2) is 9.92. The molecule has 0 aromatic heterocycles. The standard InChI is InChI=1S/C22H28ClN3O3S/c1-3-17(2)18-7-9-21(10-8-18)30(28,29)26-13-11-25(12-14-26)16-22(27)24-20-6-4-5-19(23)15-20/h4-10,15,17H,3,11-14,16H2,1-2H3,(H,24,27)/t17-/m1/s1.